The molecule has 0 bridgehead atoms. The van der Waals surface area contributed by atoms with Gasteiger partial charge in [0, 0.05) is 12.1 Å². The monoisotopic (exact) mass is 286 g/mol. The van der Waals surface area contributed by atoms with Crippen LogP contribution in [0, 0.1) is 13.8 Å². The van der Waals surface area contributed by atoms with Crippen LogP contribution >= 0.6 is 0 Å². The highest BCUT2D eigenvalue weighted by Crippen LogP contribution is 2.24. The first-order valence-corrected chi connectivity index (χ1v) is 7.24. The molecule has 5 nitrogen and oxygen atoms in total. The molecule has 2 aromatic rings. The number of nitrogens with one attached hydrogen (secondary N) is 1. The molecule has 1 heterocycles. The molecule has 0 saturated heterocycles. The van der Waals surface area contributed by atoms with E-state index in [2.05, 4.69) is 40.2 Å². The van der Waals surface area contributed by atoms with Gasteiger partial charge in [-0.15, -0.1) is 0 Å². The highest BCUT2D eigenvalue weighted by Gasteiger charge is 2.12. The predicted molar refractivity (Wildman–Crippen MR) is 84.7 cm³/mol. The molecule has 0 aliphatic heterocycles. The van der Waals surface area contributed by atoms with Crippen molar-refractivity contribution in [2.45, 2.75) is 40.7 Å². The Morgan fingerprint density at radius 2 is 1.90 bits per heavy atom. The second kappa shape index (κ2) is 6.52. The Bertz CT molecular complexity index is 626. The second-order valence-corrected chi connectivity index (χ2v) is 5.21. The zero-order chi connectivity index (χ0) is 15.4. The third kappa shape index (κ3) is 3.68. The Balaban J connectivity index is 2.51. The van der Waals surface area contributed by atoms with Gasteiger partial charge in [0.15, 0.2) is 5.82 Å². The summed E-state index contributed by atoms with van der Waals surface area (Å²) < 4.78 is 5.63. The molecule has 1 N–H and O–H groups in total. The van der Waals surface area contributed by atoms with E-state index < -0.39 is 0 Å². The summed E-state index contributed by atoms with van der Waals surface area (Å²) in [5, 5.41) is 3.12. The van der Waals surface area contributed by atoms with Crippen LogP contribution in [0.25, 0.3) is 11.4 Å². The number of anilines is 1. The lowest BCUT2D eigenvalue weighted by Crippen LogP contribution is -2.12. The van der Waals surface area contributed by atoms with Gasteiger partial charge in [0.2, 0.25) is 5.95 Å². The average Bonchev–Trinajstić information content (AvgIpc) is 2.41. The minimum Gasteiger partial charge on any atom is -0.461 e. The lowest BCUT2D eigenvalue weighted by molar-refractivity contribution is 0.222. The molecule has 0 saturated carbocycles. The van der Waals surface area contributed by atoms with Crippen LogP contribution in [0.5, 0.6) is 6.01 Å². The van der Waals surface area contributed by atoms with Crippen LogP contribution in [0.3, 0.4) is 0 Å². The zero-order valence-electron chi connectivity index (χ0n) is 13.3. The highest BCUT2D eigenvalue weighted by molar-refractivity contribution is 5.62. The maximum absolute atomic E-state index is 5.63. The van der Waals surface area contributed by atoms with Crippen molar-refractivity contribution in [3.63, 3.8) is 0 Å². The molecule has 0 amide bonds. The molecule has 0 fully saturated rings. The van der Waals surface area contributed by atoms with E-state index in [1.54, 1.807) is 0 Å². The number of nitrogens with zero attached hydrogens (tertiary/aromatic N) is 3. The Labute approximate surface area is 125 Å². The molecule has 0 aliphatic rings. The molecule has 21 heavy (non-hydrogen) atoms. The molecule has 0 spiro atoms. The second-order valence-electron chi connectivity index (χ2n) is 5.21. The quantitative estimate of drug-likeness (QED) is 0.913. The first kappa shape index (κ1) is 15.2. The Morgan fingerprint density at radius 1 is 1.14 bits per heavy atom. The van der Waals surface area contributed by atoms with E-state index in [-0.39, 0.29) is 6.10 Å². The van der Waals surface area contributed by atoms with E-state index in [0.717, 1.165) is 12.1 Å². The normalized spacial score (nSPS) is 10.8. The van der Waals surface area contributed by atoms with Gasteiger partial charge in [-0.2, -0.15) is 15.0 Å². The van der Waals surface area contributed by atoms with Crippen molar-refractivity contribution in [3.8, 4) is 17.4 Å². The summed E-state index contributed by atoms with van der Waals surface area (Å²) in [6.45, 7) is 10.8. The minimum absolute atomic E-state index is 0.0216. The van der Waals surface area contributed by atoms with Crippen LogP contribution < -0.4 is 10.1 Å². The largest absolute Gasteiger partial charge is 0.461 e. The van der Waals surface area contributed by atoms with Crippen molar-refractivity contribution in [1.29, 1.82) is 0 Å². The Hall–Kier alpha value is -2.17. The number of rotatable bonds is 5. The van der Waals surface area contributed by atoms with Crippen LogP contribution in [0.4, 0.5) is 5.95 Å². The number of benzene rings is 1. The molecule has 5 heteroatoms. The smallest absolute Gasteiger partial charge is 0.322 e. The first-order valence-electron chi connectivity index (χ1n) is 7.24. The number of hydrogen-bond donors (Lipinski definition) is 1. The maximum Gasteiger partial charge on any atom is 0.322 e. The fourth-order valence-corrected chi connectivity index (χ4v) is 1.97. The molecule has 0 atom stereocenters. The third-order valence-electron chi connectivity index (χ3n) is 3.14. The molecule has 0 aliphatic carbocycles. The number of aromatic nitrogens is 3. The van der Waals surface area contributed by atoms with E-state index in [0.29, 0.717) is 17.8 Å². The fraction of sp³-hybridized carbons (Fsp3) is 0.438. The van der Waals surface area contributed by atoms with Gasteiger partial charge < -0.3 is 10.1 Å². The van der Waals surface area contributed by atoms with E-state index in [9.17, 15) is 0 Å². The molecule has 1 aromatic carbocycles. The van der Waals surface area contributed by atoms with E-state index in [4.69, 9.17) is 4.74 Å². The average molecular weight is 286 g/mol. The third-order valence-corrected chi connectivity index (χ3v) is 3.14. The topological polar surface area (TPSA) is 59.9 Å². The standard InChI is InChI=1S/C16H22N4O/c1-6-17-15-18-14(19-16(20-15)21-10(2)3)13-9-7-8-11(4)12(13)5/h7-10H,6H2,1-5H3,(H,17,18,19,20). The molecule has 2 rings (SSSR count). The van der Waals surface area contributed by atoms with Crippen molar-refractivity contribution < 1.29 is 4.74 Å². The Kier molecular flexibility index (Phi) is 4.73. The minimum atomic E-state index is 0.0216. The van der Waals surface area contributed by atoms with Crippen molar-refractivity contribution in [3.05, 3.63) is 29.3 Å². The van der Waals surface area contributed by atoms with Crippen LogP contribution in [0.15, 0.2) is 18.2 Å². The lowest BCUT2D eigenvalue weighted by Gasteiger charge is -2.12. The molecular formula is C16H22N4O. The van der Waals surface area contributed by atoms with Crippen LogP contribution in [0.2, 0.25) is 0 Å². The van der Waals surface area contributed by atoms with Gasteiger partial charge in [-0.1, -0.05) is 18.2 Å². The number of hydrogen-bond acceptors (Lipinski definition) is 5. The van der Waals surface area contributed by atoms with Crippen LogP contribution in [0.1, 0.15) is 31.9 Å². The molecule has 112 valence electrons. The summed E-state index contributed by atoms with van der Waals surface area (Å²) in [6.07, 6.45) is 0.0216. The van der Waals surface area contributed by atoms with E-state index in [1.807, 2.05) is 32.9 Å². The van der Waals surface area contributed by atoms with Gasteiger partial charge in [0.05, 0.1) is 6.10 Å². The Morgan fingerprint density at radius 3 is 2.57 bits per heavy atom. The van der Waals surface area contributed by atoms with Crippen LogP contribution in [-0.2, 0) is 0 Å². The molecule has 0 unspecified atom stereocenters. The summed E-state index contributed by atoms with van der Waals surface area (Å²) in [4.78, 5) is 13.2. The van der Waals surface area contributed by atoms with Gasteiger partial charge in [-0.05, 0) is 45.7 Å². The van der Waals surface area contributed by atoms with Crippen molar-refractivity contribution >= 4 is 5.95 Å². The zero-order valence-corrected chi connectivity index (χ0v) is 13.3. The number of ether oxygens (including phenoxy) is 1. The molecule has 1 aromatic heterocycles. The fourth-order valence-electron chi connectivity index (χ4n) is 1.97. The van der Waals surface area contributed by atoms with Gasteiger partial charge in [0.1, 0.15) is 0 Å². The van der Waals surface area contributed by atoms with Gasteiger partial charge >= 0.3 is 6.01 Å². The SMILES string of the molecule is CCNc1nc(OC(C)C)nc(-c2cccc(C)c2C)n1. The van der Waals surface area contributed by atoms with Crippen molar-refractivity contribution in [2.24, 2.45) is 0 Å². The van der Waals surface area contributed by atoms with E-state index >= 15 is 0 Å². The lowest BCUT2D eigenvalue weighted by atomic mass is 10.0. The van der Waals surface area contributed by atoms with Crippen LogP contribution in [-0.4, -0.2) is 27.6 Å². The highest BCUT2D eigenvalue weighted by atomic mass is 16.5. The first-order chi connectivity index (χ1) is 10.0. The van der Waals surface area contributed by atoms with Crippen molar-refractivity contribution in [1.82, 2.24) is 15.0 Å². The van der Waals surface area contributed by atoms with Crippen molar-refractivity contribution in [2.75, 3.05) is 11.9 Å². The van der Waals surface area contributed by atoms with E-state index in [1.165, 1.54) is 11.1 Å². The summed E-state index contributed by atoms with van der Waals surface area (Å²) in [7, 11) is 0. The van der Waals surface area contributed by atoms with Gasteiger partial charge in [0.25, 0.3) is 0 Å². The molecule has 0 radical (unpaired) electrons. The maximum atomic E-state index is 5.63. The predicted octanol–water partition coefficient (Wildman–Crippen LogP) is 3.37. The summed E-state index contributed by atoms with van der Waals surface area (Å²) in [5.74, 6) is 1.18. The summed E-state index contributed by atoms with van der Waals surface area (Å²) >= 11 is 0. The summed E-state index contributed by atoms with van der Waals surface area (Å²) in [5.41, 5.74) is 3.39. The van der Waals surface area contributed by atoms with Gasteiger partial charge in [-0.25, -0.2) is 0 Å². The van der Waals surface area contributed by atoms with Gasteiger partial charge in [-0.3, -0.25) is 0 Å². The number of aryl methyl sites for hydroxylation is 1. The summed E-state index contributed by atoms with van der Waals surface area (Å²) in [6, 6.07) is 6.47. The molecular weight excluding hydrogens is 264 g/mol.